The molecule has 2 fully saturated rings. The molecule has 2 saturated heterocycles. The first-order chi connectivity index (χ1) is 20.0. The van der Waals surface area contributed by atoms with Crippen molar-refractivity contribution in [1.82, 2.24) is 15.0 Å². The number of pyridine rings is 1. The Morgan fingerprint density at radius 3 is 2.74 bits per heavy atom. The molecule has 2 aromatic heterocycles. The number of aromatic nitrogens is 3. The quantitative estimate of drug-likeness (QED) is 0.392. The van der Waals surface area contributed by atoms with Gasteiger partial charge in [0.05, 0.1) is 52.7 Å². The van der Waals surface area contributed by atoms with E-state index in [1.54, 1.807) is 11.0 Å². The fourth-order valence-corrected chi connectivity index (χ4v) is 5.65. The van der Waals surface area contributed by atoms with E-state index in [2.05, 4.69) is 25.2 Å². The first kappa shape index (κ1) is 28.4. The molecule has 1 aromatic carbocycles. The van der Waals surface area contributed by atoms with Crippen LogP contribution in [0.5, 0.6) is 6.01 Å². The van der Waals surface area contributed by atoms with Crippen LogP contribution in [0.2, 0.25) is 5.02 Å². The molecule has 2 amide bonds. The van der Waals surface area contributed by atoms with Gasteiger partial charge in [-0.1, -0.05) is 23.7 Å². The number of ether oxygens (including phenoxy) is 3. The second-order valence-corrected chi connectivity index (χ2v) is 11.2. The number of piperidine rings is 1. The summed E-state index contributed by atoms with van der Waals surface area (Å²) in [5.41, 5.74) is 0.520. The van der Waals surface area contributed by atoms with E-state index >= 15 is 0 Å². The predicted octanol–water partition coefficient (Wildman–Crippen LogP) is 5.76. The highest BCUT2D eigenvalue weighted by atomic mass is 35.5. The molecule has 222 valence electrons. The maximum atomic E-state index is 13.7. The number of urea groups is 1. The molecule has 2 unspecified atom stereocenters. The first-order valence-electron chi connectivity index (χ1n) is 13.5. The Bertz CT molecular complexity index is 1490. The minimum Gasteiger partial charge on any atom is -0.461 e. The van der Waals surface area contributed by atoms with Crippen LogP contribution in [-0.2, 0) is 15.7 Å². The van der Waals surface area contributed by atoms with Crippen LogP contribution in [0.25, 0.3) is 11.3 Å². The zero-order valence-corrected chi connectivity index (χ0v) is 23.6. The van der Waals surface area contributed by atoms with Crippen molar-refractivity contribution in [2.75, 3.05) is 41.4 Å². The Morgan fingerprint density at radius 2 is 2.02 bits per heavy atom. The van der Waals surface area contributed by atoms with Crippen molar-refractivity contribution in [3.8, 4) is 17.3 Å². The molecule has 6 rings (SSSR count). The van der Waals surface area contributed by atoms with Gasteiger partial charge in [-0.05, 0) is 44.9 Å². The molecule has 0 saturated carbocycles. The zero-order chi connectivity index (χ0) is 29.6. The molecule has 3 aliphatic heterocycles. The lowest BCUT2D eigenvalue weighted by Gasteiger charge is -2.46. The van der Waals surface area contributed by atoms with Crippen molar-refractivity contribution in [1.29, 1.82) is 0 Å². The number of nitrogens with one attached hydrogen (secondary N) is 1. The number of hydrogen-bond donors (Lipinski definition) is 1. The van der Waals surface area contributed by atoms with E-state index < -0.39 is 23.6 Å². The minimum absolute atomic E-state index is 0.120. The normalized spacial score (nSPS) is 21.2. The number of nitrogens with zero attached hydrogens (tertiary/aromatic N) is 5. The van der Waals surface area contributed by atoms with Gasteiger partial charge in [0.25, 0.3) is 0 Å². The van der Waals surface area contributed by atoms with Gasteiger partial charge in [-0.15, -0.1) is 0 Å². The van der Waals surface area contributed by atoms with Crippen molar-refractivity contribution < 1.29 is 32.2 Å². The highest BCUT2D eigenvalue weighted by Gasteiger charge is 2.39. The third-order valence-corrected chi connectivity index (χ3v) is 7.58. The number of alkyl halides is 3. The molecule has 10 nitrogen and oxygen atoms in total. The van der Waals surface area contributed by atoms with Crippen LogP contribution < -0.4 is 19.9 Å². The minimum atomic E-state index is -4.52. The van der Waals surface area contributed by atoms with E-state index in [0.717, 1.165) is 31.5 Å². The molecular formula is C28H28ClF3N6O4. The van der Waals surface area contributed by atoms with Gasteiger partial charge in [-0.25, -0.2) is 19.7 Å². The maximum Gasteiger partial charge on any atom is 0.416 e. The van der Waals surface area contributed by atoms with Gasteiger partial charge >= 0.3 is 18.2 Å². The predicted molar refractivity (Wildman–Crippen MR) is 149 cm³/mol. The Kier molecular flexibility index (Phi) is 7.36. The second-order valence-electron chi connectivity index (χ2n) is 10.8. The molecule has 14 heteroatoms. The Morgan fingerprint density at radius 1 is 1.24 bits per heavy atom. The summed E-state index contributed by atoms with van der Waals surface area (Å²) < 4.78 is 57.0. The summed E-state index contributed by atoms with van der Waals surface area (Å²) in [7, 11) is 0. The van der Waals surface area contributed by atoms with Crippen molar-refractivity contribution >= 4 is 34.8 Å². The summed E-state index contributed by atoms with van der Waals surface area (Å²) in [6.07, 6.45) is -0.333. The SMILES string of the molecule is CC1(C)OCC(COc2ncc(NC(=O)N3c4nc(-c5cccc(C(F)(F)F)c5)c(Cl)cc4N4CCCC3C4)cn2)O1. The van der Waals surface area contributed by atoms with Crippen molar-refractivity contribution in [2.24, 2.45) is 0 Å². The zero-order valence-electron chi connectivity index (χ0n) is 22.8. The van der Waals surface area contributed by atoms with Gasteiger partial charge < -0.3 is 24.4 Å². The molecule has 0 spiro atoms. The van der Waals surface area contributed by atoms with Crippen molar-refractivity contribution in [3.63, 3.8) is 0 Å². The summed E-state index contributed by atoms with van der Waals surface area (Å²) in [6, 6.07) is 5.92. The van der Waals surface area contributed by atoms with Gasteiger partial charge in [0.2, 0.25) is 0 Å². The molecule has 2 bridgehead atoms. The highest BCUT2D eigenvalue weighted by molar-refractivity contribution is 6.33. The van der Waals surface area contributed by atoms with Crippen LogP contribution in [0.15, 0.2) is 42.7 Å². The molecule has 3 aliphatic rings. The van der Waals surface area contributed by atoms with Crippen molar-refractivity contribution in [3.05, 3.63) is 53.3 Å². The van der Waals surface area contributed by atoms with Crippen LogP contribution in [-0.4, -0.2) is 65.2 Å². The fraction of sp³-hybridized carbons (Fsp3) is 0.429. The van der Waals surface area contributed by atoms with Crippen LogP contribution >= 0.6 is 11.6 Å². The van der Waals surface area contributed by atoms with E-state index in [1.807, 2.05) is 13.8 Å². The number of amides is 2. The third kappa shape index (κ3) is 5.81. The van der Waals surface area contributed by atoms with Gasteiger partial charge in [0, 0.05) is 18.7 Å². The van der Waals surface area contributed by atoms with E-state index in [1.165, 1.54) is 24.5 Å². The molecule has 0 aliphatic carbocycles. The summed E-state index contributed by atoms with van der Waals surface area (Å²) in [5.74, 6) is -0.345. The summed E-state index contributed by atoms with van der Waals surface area (Å²) in [4.78, 5) is 30.3. The van der Waals surface area contributed by atoms with Gasteiger partial charge in [-0.2, -0.15) is 13.2 Å². The summed E-state index contributed by atoms with van der Waals surface area (Å²) in [5, 5.41) is 3.01. The number of benzene rings is 1. The maximum absolute atomic E-state index is 13.7. The molecule has 3 aromatic rings. The van der Waals surface area contributed by atoms with E-state index in [9.17, 15) is 18.0 Å². The lowest BCUT2D eigenvalue weighted by Crippen LogP contribution is -2.56. The number of carbonyl (C=O) groups is 1. The topological polar surface area (TPSA) is 102 Å². The van der Waals surface area contributed by atoms with Crippen LogP contribution in [0, 0.1) is 0 Å². The first-order valence-corrected chi connectivity index (χ1v) is 13.8. The summed E-state index contributed by atoms with van der Waals surface area (Å²) in [6.45, 7) is 5.58. The highest BCUT2D eigenvalue weighted by Crippen LogP contribution is 2.43. The largest absolute Gasteiger partial charge is 0.461 e. The fourth-order valence-electron chi connectivity index (χ4n) is 5.40. The molecule has 0 radical (unpaired) electrons. The second kappa shape index (κ2) is 10.9. The number of carbonyl (C=O) groups excluding carboxylic acids is 1. The number of hydrogen-bond acceptors (Lipinski definition) is 8. The van der Waals surface area contributed by atoms with E-state index in [0.29, 0.717) is 30.3 Å². The number of fused-ring (bicyclic) bond motifs is 4. The summed E-state index contributed by atoms with van der Waals surface area (Å²) >= 11 is 6.56. The third-order valence-electron chi connectivity index (χ3n) is 7.29. The molecule has 1 N–H and O–H groups in total. The lowest BCUT2D eigenvalue weighted by molar-refractivity contribution is -0.141. The average Bonchev–Trinajstić information content (AvgIpc) is 3.31. The average molecular weight is 605 g/mol. The Balaban J connectivity index is 1.23. The van der Waals surface area contributed by atoms with Gasteiger partial charge in [0.1, 0.15) is 12.7 Å². The number of halogens is 4. The molecule has 2 atom stereocenters. The van der Waals surface area contributed by atoms with Crippen molar-refractivity contribution in [2.45, 2.75) is 50.8 Å². The monoisotopic (exact) mass is 604 g/mol. The van der Waals surface area contributed by atoms with Crippen LogP contribution in [0.3, 0.4) is 0 Å². The van der Waals surface area contributed by atoms with E-state index in [-0.39, 0.29) is 41.0 Å². The smallest absolute Gasteiger partial charge is 0.416 e. The molecular weight excluding hydrogens is 577 g/mol. The van der Waals surface area contributed by atoms with E-state index in [4.69, 9.17) is 25.8 Å². The Hall–Kier alpha value is -3.68. The lowest BCUT2D eigenvalue weighted by atomic mass is 9.99. The van der Waals surface area contributed by atoms with Gasteiger partial charge in [-0.3, -0.25) is 4.90 Å². The van der Waals surface area contributed by atoms with Crippen LogP contribution in [0.4, 0.5) is 35.2 Å². The molecule has 5 heterocycles. The Labute approximate surface area is 244 Å². The van der Waals surface area contributed by atoms with Crippen LogP contribution in [0.1, 0.15) is 32.3 Å². The standard InChI is InChI=1S/C28H28ClF3N6O4/c1-27(2)41-15-20(42-27)14-40-25-33-11-18(12-34-25)35-26(39)38-19-7-4-8-37(13-19)22-10-21(29)23(36-24(22)38)16-5-3-6-17(9-16)28(30,31)32/h3,5-6,9-12,19-20H,4,7-8,13-15H2,1-2H3,(H,35,39). The number of anilines is 3. The number of rotatable bonds is 5. The van der Waals surface area contributed by atoms with Gasteiger partial charge in [0.15, 0.2) is 11.6 Å². The molecule has 42 heavy (non-hydrogen) atoms.